The number of esters is 1. The maximum absolute atomic E-state index is 12.6. The average Bonchev–Trinajstić information content (AvgIpc) is 3.03. The van der Waals surface area contributed by atoms with Crippen molar-refractivity contribution in [3.05, 3.63) is 33.5 Å². The zero-order valence-electron chi connectivity index (χ0n) is 16.1. The fraction of sp³-hybridized carbons (Fsp3) is 0.526. The normalized spacial score (nSPS) is 13.6. The van der Waals surface area contributed by atoms with Crippen LogP contribution in [-0.2, 0) is 31.2 Å². The first kappa shape index (κ1) is 19.8. The summed E-state index contributed by atoms with van der Waals surface area (Å²) in [6.07, 6.45) is 7.26. The minimum Gasteiger partial charge on any atom is -0.462 e. The summed E-state index contributed by atoms with van der Waals surface area (Å²) in [6, 6.07) is 0. The quantitative estimate of drug-likeness (QED) is 0.448. The zero-order chi connectivity index (χ0) is 19.4. The lowest BCUT2D eigenvalue weighted by molar-refractivity contribution is 0.0527. The molecule has 2 aromatic rings. The summed E-state index contributed by atoms with van der Waals surface area (Å²) >= 11 is 7.10. The molecule has 27 heavy (non-hydrogen) atoms. The summed E-state index contributed by atoms with van der Waals surface area (Å²) in [5, 5.41) is 12.0. The lowest BCUT2D eigenvalue weighted by Crippen LogP contribution is -2.28. The Hall–Kier alpha value is -1.93. The van der Waals surface area contributed by atoms with Gasteiger partial charge in [0.05, 0.1) is 18.4 Å². The largest absolute Gasteiger partial charge is 0.462 e. The van der Waals surface area contributed by atoms with Gasteiger partial charge in [-0.1, -0.05) is 6.42 Å². The van der Waals surface area contributed by atoms with Crippen molar-refractivity contribution >= 4 is 39.6 Å². The Morgan fingerprint density at radius 1 is 1.37 bits per heavy atom. The van der Waals surface area contributed by atoms with E-state index in [0.29, 0.717) is 23.8 Å². The molecule has 2 aromatic heterocycles. The number of hydrogen-bond acceptors (Lipinski definition) is 5. The third kappa shape index (κ3) is 4.50. The number of fused-ring (bicyclic) bond motifs is 1. The predicted octanol–water partition coefficient (Wildman–Crippen LogP) is 3.72. The van der Waals surface area contributed by atoms with Crippen molar-refractivity contribution in [1.29, 1.82) is 0 Å². The van der Waals surface area contributed by atoms with E-state index < -0.39 is 0 Å². The van der Waals surface area contributed by atoms with Crippen LogP contribution in [0.5, 0.6) is 0 Å². The van der Waals surface area contributed by atoms with Gasteiger partial charge in [0.2, 0.25) is 0 Å². The minimum absolute atomic E-state index is 0.259. The van der Waals surface area contributed by atoms with Gasteiger partial charge in [0.1, 0.15) is 5.00 Å². The molecular formula is C19H26N4O2S2. The molecule has 2 N–H and O–H groups in total. The Labute approximate surface area is 169 Å². The summed E-state index contributed by atoms with van der Waals surface area (Å²) in [7, 11) is 1.92. The number of aromatic nitrogens is 2. The van der Waals surface area contributed by atoms with Crippen LogP contribution in [0.3, 0.4) is 0 Å². The predicted molar refractivity (Wildman–Crippen MR) is 113 cm³/mol. The lowest BCUT2D eigenvalue weighted by atomic mass is 10.1. The molecule has 8 heteroatoms. The van der Waals surface area contributed by atoms with E-state index in [9.17, 15) is 4.79 Å². The van der Waals surface area contributed by atoms with Gasteiger partial charge in [-0.3, -0.25) is 4.68 Å². The third-order valence-electron chi connectivity index (χ3n) is 4.90. The molecule has 0 saturated carbocycles. The number of ether oxygens (including phenoxy) is 1. The molecule has 0 saturated heterocycles. The Kier molecular flexibility index (Phi) is 6.49. The smallest absolute Gasteiger partial charge is 0.341 e. The van der Waals surface area contributed by atoms with Gasteiger partial charge >= 0.3 is 5.97 Å². The number of nitrogens with one attached hydrogen (secondary N) is 2. The Bertz CT molecular complexity index is 841. The van der Waals surface area contributed by atoms with Crippen LogP contribution in [-0.4, -0.2) is 27.5 Å². The van der Waals surface area contributed by atoms with Crippen molar-refractivity contribution in [3.63, 3.8) is 0 Å². The number of carbonyl (C=O) groups excluding carboxylic acids is 1. The van der Waals surface area contributed by atoms with E-state index in [1.54, 1.807) is 11.3 Å². The molecular weight excluding hydrogens is 380 g/mol. The minimum atomic E-state index is -0.259. The topological polar surface area (TPSA) is 68.2 Å². The molecule has 3 rings (SSSR count). The fourth-order valence-electron chi connectivity index (χ4n) is 3.29. The molecule has 0 bridgehead atoms. The third-order valence-corrected chi connectivity index (χ3v) is 6.36. The summed E-state index contributed by atoms with van der Waals surface area (Å²) in [4.78, 5) is 13.9. The highest BCUT2D eigenvalue weighted by Crippen LogP contribution is 2.38. The molecule has 2 heterocycles. The van der Waals surface area contributed by atoms with Crippen molar-refractivity contribution in [3.8, 4) is 0 Å². The highest BCUT2D eigenvalue weighted by Gasteiger charge is 2.26. The van der Waals surface area contributed by atoms with Gasteiger partial charge in [-0.05, 0) is 57.3 Å². The molecule has 1 aliphatic carbocycles. The first-order chi connectivity index (χ1) is 13.0. The number of rotatable bonds is 5. The van der Waals surface area contributed by atoms with Crippen LogP contribution < -0.4 is 10.6 Å². The van der Waals surface area contributed by atoms with Crippen LogP contribution in [0.25, 0.3) is 0 Å². The number of hydrogen-bond donors (Lipinski definition) is 2. The van der Waals surface area contributed by atoms with Crippen LogP contribution in [0.2, 0.25) is 0 Å². The van der Waals surface area contributed by atoms with E-state index in [4.69, 9.17) is 17.0 Å². The Morgan fingerprint density at radius 3 is 2.85 bits per heavy atom. The molecule has 0 aromatic carbocycles. The summed E-state index contributed by atoms with van der Waals surface area (Å²) < 4.78 is 7.15. The van der Waals surface area contributed by atoms with Crippen LogP contribution in [0.15, 0.2) is 6.20 Å². The van der Waals surface area contributed by atoms with E-state index >= 15 is 0 Å². The Balaban J connectivity index is 1.75. The van der Waals surface area contributed by atoms with E-state index in [2.05, 4.69) is 15.7 Å². The fourth-order valence-corrected chi connectivity index (χ4v) is 4.81. The molecule has 0 atom stereocenters. The van der Waals surface area contributed by atoms with E-state index in [0.717, 1.165) is 47.5 Å². The van der Waals surface area contributed by atoms with Gasteiger partial charge in [0, 0.05) is 29.7 Å². The summed E-state index contributed by atoms with van der Waals surface area (Å²) in [5.41, 5.74) is 4.00. The number of anilines is 1. The van der Waals surface area contributed by atoms with Gasteiger partial charge < -0.3 is 15.4 Å². The molecule has 0 fully saturated rings. The van der Waals surface area contributed by atoms with Gasteiger partial charge in [-0.15, -0.1) is 11.3 Å². The van der Waals surface area contributed by atoms with Gasteiger partial charge in [0.25, 0.3) is 0 Å². The molecule has 0 spiro atoms. The van der Waals surface area contributed by atoms with Crippen molar-refractivity contribution in [1.82, 2.24) is 15.1 Å². The maximum Gasteiger partial charge on any atom is 0.341 e. The maximum atomic E-state index is 12.6. The second-order valence-electron chi connectivity index (χ2n) is 6.68. The van der Waals surface area contributed by atoms with Gasteiger partial charge in [0.15, 0.2) is 5.11 Å². The highest BCUT2D eigenvalue weighted by molar-refractivity contribution is 7.80. The lowest BCUT2D eigenvalue weighted by Gasteiger charge is -2.11. The van der Waals surface area contributed by atoms with E-state index in [1.807, 2.05) is 31.8 Å². The number of aryl methyl sites for hydroxylation is 2. The molecule has 0 amide bonds. The molecule has 6 nitrogen and oxygen atoms in total. The molecule has 146 valence electrons. The second-order valence-corrected chi connectivity index (χ2v) is 8.19. The van der Waals surface area contributed by atoms with Crippen LogP contribution >= 0.6 is 23.6 Å². The molecule has 0 unspecified atom stereocenters. The second kappa shape index (κ2) is 8.84. The number of nitrogens with zero attached hydrogens (tertiary/aromatic N) is 2. The number of carbonyl (C=O) groups is 1. The van der Waals surface area contributed by atoms with E-state index in [-0.39, 0.29) is 5.97 Å². The Morgan fingerprint density at radius 2 is 2.15 bits per heavy atom. The standard InChI is InChI=1S/C19H26N4O2S2/c1-4-25-18(24)16-14-8-6-5-7-9-15(14)27-17(16)22-19(26)20-10-13-11-21-23(3)12(13)2/h11H,4-10H2,1-3H3,(H2,20,22,26). The van der Waals surface area contributed by atoms with Crippen molar-refractivity contribution in [2.45, 2.75) is 52.5 Å². The van der Waals surface area contributed by atoms with Crippen LogP contribution in [0, 0.1) is 6.92 Å². The van der Waals surface area contributed by atoms with Gasteiger partial charge in [-0.25, -0.2) is 4.79 Å². The van der Waals surface area contributed by atoms with E-state index in [1.165, 1.54) is 11.3 Å². The number of thiophene rings is 1. The molecule has 1 aliphatic rings. The van der Waals surface area contributed by atoms with Crippen molar-refractivity contribution in [2.75, 3.05) is 11.9 Å². The first-order valence-electron chi connectivity index (χ1n) is 9.35. The monoisotopic (exact) mass is 406 g/mol. The number of thiocarbonyl (C=S) groups is 1. The summed E-state index contributed by atoms with van der Waals surface area (Å²) in [6.45, 7) is 4.81. The van der Waals surface area contributed by atoms with Crippen molar-refractivity contribution < 1.29 is 9.53 Å². The highest BCUT2D eigenvalue weighted by atomic mass is 32.1. The van der Waals surface area contributed by atoms with Gasteiger partial charge in [-0.2, -0.15) is 5.10 Å². The van der Waals surface area contributed by atoms with Crippen LogP contribution in [0.1, 0.15) is 58.2 Å². The average molecular weight is 407 g/mol. The zero-order valence-corrected chi connectivity index (χ0v) is 17.7. The SMILES string of the molecule is CCOC(=O)c1c(NC(=S)NCc2cnn(C)c2C)sc2c1CCCCC2. The van der Waals surface area contributed by atoms with Crippen molar-refractivity contribution in [2.24, 2.45) is 7.05 Å². The molecule has 0 aliphatic heterocycles. The summed E-state index contributed by atoms with van der Waals surface area (Å²) in [5.74, 6) is -0.259. The molecule has 0 radical (unpaired) electrons. The first-order valence-corrected chi connectivity index (χ1v) is 10.6. The van der Waals surface area contributed by atoms with Crippen LogP contribution in [0.4, 0.5) is 5.00 Å².